The number of nitrogen functional groups attached to an aromatic ring is 1. The Labute approximate surface area is 96.6 Å². The molecule has 1 rings (SSSR count). The van der Waals surface area contributed by atoms with Gasteiger partial charge in [-0.05, 0) is 25.1 Å². The average Bonchev–Trinajstić information content (AvgIpc) is 2.24. The first kappa shape index (κ1) is 13.1. The van der Waals surface area contributed by atoms with Crippen LogP contribution in [0.15, 0.2) is 18.2 Å². The number of anilines is 1. The summed E-state index contributed by atoms with van der Waals surface area (Å²) in [6.45, 7) is 1.54. The van der Waals surface area contributed by atoms with Crippen LogP contribution < -0.4 is 5.73 Å². The number of alkyl halides is 3. The fraction of sp³-hybridized carbons (Fsp3) is 0.250. The number of ketones is 1. The molecule has 0 aliphatic carbocycles. The van der Waals surface area contributed by atoms with Crippen molar-refractivity contribution in [3.63, 3.8) is 0 Å². The lowest BCUT2D eigenvalue weighted by molar-refractivity contribution is -0.137. The van der Waals surface area contributed by atoms with Gasteiger partial charge in [-0.15, -0.1) is 5.92 Å². The number of benzene rings is 1. The molecule has 0 fully saturated rings. The quantitative estimate of drug-likeness (QED) is 0.491. The Kier molecular flexibility index (Phi) is 3.79. The molecule has 1 aromatic rings. The highest BCUT2D eigenvalue weighted by Crippen LogP contribution is 2.31. The standard InChI is InChI=1S/C12H10F3NO/c1-2-3-4-11(17)9-7-8(12(13,14)15)5-6-10(9)16/h5-7H,4,16H2,1H3. The van der Waals surface area contributed by atoms with Crippen molar-refractivity contribution in [1.82, 2.24) is 0 Å². The van der Waals surface area contributed by atoms with Gasteiger partial charge in [-0.25, -0.2) is 0 Å². The Hall–Kier alpha value is -1.96. The summed E-state index contributed by atoms with van der Waals surface area (Å²) in [4.78, 5) is 11.6. The highest BCUT2D eigenvalue weighted by atomic mass is 19.4. The maximum absolute atomic E-state index is 12.4. The van der Waals surface area contributed by atoms with Crippen LogP contribution in [0.4, 0.5) is 18.9 Å². The van der Waals surface area contributed by atoms with Crippen molar-refractivity contribution in [1.29, 1.82) is 0 Å². The lowest BCUT2D eigenvalue weighted by Gasteiger charge is -2.09. The van der Waals surface area contributed by atoms with E-state index in [9.17, 15) is 18.0 Å². The van der Waals surface area contributed by atoms with Gasteiger partial charge in [-0.2, -0.15) is 13.2 Å². The molecule has 0 radical (unpaired) electrons. The molecule has 0 atom stereocenters. The zero-order valence-electron chi connectivity index (χ0n) is 9.06. The normalized spacial score (nSPS) is 10.6. The van der Waals surface area contributed by atoms with E-state index < -0.39 is 17.5 Å². The molecule has 0 saturated carbocycles. The van der Waals surface area contributed by atoms with Gasteiger partial charge in [0.05, 0.1) is 12.0 Å². The minimum Gasteiger partial charge on any atom is -0.398 e. The van der Waals surface area contributed by atoms with Crippen molar-refractivity contribution < 1.29 is 18.0 Å². The molecule has 0 amide bonds. The van der Waals surface area contributed by atoms with Crippen LogP contribution >= 0.6 is 0 Å². The van der Waals surface area contributed by atoms with E-state index in [0.717, 1.165) is 18.2 Å². The summed E-state index contributed by atoms with van der Waals surface area (Å²) in [5.74, 6) is 4.48. The summed E-state index contributed by atoms with van der Waals surface area (Å²) in [7, 11) is 0. The molecular formula is C12H10F3NO. The fourth-order valence-electron chi connectivity index (χ4n) is 1.24. The first-order valence-electron chi connectivity index (χ1n) is 4.75. The molecule has 90 valence electrons. The number of Topliss-reactive ketones (excluding diaryl/α,β-unsaturated/α-hetero) is 1. The molecule has 0 saturated heterocycles. The van der Waals surface area contributed by atoms with Crippen LogP contribution in [0.2, 0.25) is 0 Å². The van der Waals surface area contributed by atoms with E-state index in [4.69, 9.17) is 5.73 Å². The summed E-state index contributed by atoms with van der Waals surface area (Å²) >= 11 is 0. The van der Waals surface area contributed by atoms with Crippen molar-refractivity contribution in [2.75, 3.05) is 5.73 Å². The Balaban J connectivity index is 3.14. The molecule has 2 N–H and O–H groups in total. The van der Waals surface area contributed by atoms with E-state index in [1.807, 2.05) is 0 Å². The van der Waals surface area contributed by atoms with E-state index >= 15 is 0 Å². The summed E-state index contributed by atoms with van der Waals surface area (Å²) in [5, 5.41) is 0. The molecule has 0 aromatic heterocycles. The van der Waals surface area contributed by atoms with Crippen LogP contribution in [0.1, 0.15) is 29.3 Å². The van der Waals surface area contributed by atoms with Crippen LogP contribution in [0, 0.1) is 11.8 Å². The van der Waals surface area contributed by atoms with Crippen LogP contribution in [-0.4, -0.2) is 5.78 Å². The van der Waals surface area contributed by atoms with Crippen LogP contribution in [-0.2, 0) is 6.18 Å². The maximum atomic E-state index is 12.4. The topological polar surface area (TPSA) is 43.1 Å². The van der Waals surface area contributed by atoms with Gasteiger partial charge in [0.25, 0.3) is 0 Å². The minimum absolute atomic E-state index is 0.0286. The van der Waals surface area contributed by atoms with Crippen molar-refractivity contribution in [3.05, 3.63) is 29.3 Å². The smallest absolute Gasteiger partial charge is 0.398 e. The number of rotatable bonds is 2. The van der Waals surface area contributed by atoms with Gasteiger partial charge < -0.3 is 5.73 Å². The third-order valence-electron chi connectivity index (χ3n) is 2.11. The van der Waals surface area contributed by atoms with Gasteiger partial charge >= 0.3 is 6.18 Å². The van der Waals surface area contributed by atoms with E-state index in [0.29, 0.717) is 0 Å². The third kappa shape index (κ3) is 3.25. The molecule has 0 aliphatic rings. The molecular weight excluding hydrogens is 231 g/mol. The largest absolute Gasteiger partial charge is 0.416 e. The third-order valence-corrected chi connectivity index (χ3v) is 2.11. The Morgan fingerprint density at radius 1 is 1.41 bits per heavy atom. The summed E-state index contributed by atoms with van der Waals surface area (Å²) in [5.41, 5.74) is 4.47. The average molecular weight is 241 g/mol. The fourth-order valence-corrected chi connectivity index (χ4v) is 1.24. The Morgan fingerprint density at radius 3 is 2.59 bits per heavy atom. The second-order valence-corrected chi connectivity index (χ2v) is 3.33. The van der Waals surface area contributed by atoms with Gasteiger partial charge in [-0.3, -0.25) is 4.79 Å². The number of hydrogen-bond acceptors (Lipinski definition) is 2. The first-order valence-corrected chi connectivity index (χ1v) is 4.75. The second-order valence-electron chi connectivity index (χ2n) is 3.33. The van der Waals surface area contributed by atoms with E-state index in [-0.39, 0.29) is 17.7 Å². The van der Waals surface area contributed by atoms with Gasteiger partial charge in [0.15, 0.2) is 5.78 Å². The van der Waals surface area contributed by atoms with Crippen molar-refractivity contribution in [2.24, 2.45) is 0 Å². The number of halogens is 3. The van der Waals surface area contributed by atoms with E-state index in [2.05, 4.69) is 11.8 Å². The number of nitrogens with two attached hydrogens (primary N) is 1. The maximum Gasteiger partial charge on any atom is 0.416 e. The van der Waals surface area contributed by atoms with Crippen molar-refractivity contribution in [3.8, 4) is 11.8 Å². The molecule has 0 heterocycles. The van der Waals surface area contributed by atoms with Crippen LogP contribution in [0.25, 0.3) is 0 Å². The Bertz CT molecular complexity index is 495. The van der Waals surface area contributed by atoms with Gasteiger partial charge in [0, 0.05) is 11.3 Å². The zero-order valence-corrected chi connectivity index (χ0v) is 9.06. The van der Waals surface area contributed by atoms with E-state index in [1.165, 1.54) is 0 Å². The summed E-state index contributed by atoms with van der Waals surface area (Å²) < 4.78 is 37.3. The van der Waals surface area contributed by atoms with Gasteiger partial charge in [0.1, 0.15) is 0 Å². The van der Waals surface area contributed by atoms with E-state index in [1.54, 1.807) is 6.92 Å². The second kappa shape index (κ2) is 4.91. The monoisotopic (exact) mass is 241 g/mol. The molecule has 0 unspecified atom stereocenters. The summed E-state index contributed by atoms with van der Waals surface area (Å²) in [6.07, 6.45) is -4.62. The molecule has 5 heteroatoms. The van der Waals surface area contributed by atoms with Crippen LogP contribution in [0.5, 0.6) is 0 Å². The molecule has 0 spiro atoms. The van der Waals surface area contributed by atoms with Crippen LogP contribution in [0.3, 0.4) is 0 Å². The number of hydrogen-bond donors (Lipinski definition) is 1. The predicted molar refractivity (Wildman–Crippen MR) is 58.3 cm³/mol. The van der Waals surface area contributed by atoms with Crippen molar-refractivity contribution in [2.45, 2.75) is 19.5 Å². The molecule has 0 aliphatic heterocycles. The van der Waals surface area contributed by atoms with Crippen molar-refractivity contribution >= 4 is 11.5 Å². The lowest BCUT2D eigenvalue weighted by Crippen LogP contribution is -2.09. The molecule has 2 nitrogen and oxygen atoms in total. The van der Waals surface area contributed by atoms with Gasteiger partial charge in [0.2, 0.25) is 0 Å². The molecule has 1 aromatic carbocycles. The SMILES string of the molecule is CC#CCC(=O)c1cc(C(F)(F)F)ccc1N. The summed E-state index contributed by atoms with van der Waals surface area (Å²) in [6, 6.07) is 2.68. The highest BCUT2D eigenvalue weighted by Gasteiger charge is 2.31. The molecule has 0 bridgehead atoms. The number of carbonyl (C=O) groups is 1. The molecule has 17 heavy (non-hydrogen) atoms. The predicted octanol–water partition coefficient (Wildman–Crippen LogP) is 2.88. The lowest BCUT2D eigenvalue weighted by atomic mass is 10.0. The Morgan fingerprint density at radius 2 is 2.06 bits per heavy atom. The first-order chi connectivity index (χ1) is 7.86. The zero-order chi connectivity index (χ0) is 13.1. The number of carbonyl (C=O) groups excluding carboxylic acids is 1. The van der Waals surface area contributed by atoms with Gasteiger partial charge in [-0.1, -0.05) is 5.92 Å². The highest BCUT2D eigenvalue weighted by molar-refractivity contribution is 6.02. The minimum atomic E-state index is -4.49.